The van der Waals surface area contributed by atoms with Crippen molar-refractivity contribution < 1.29 is 0 Å². The summed E-state index contributed by atoms with van der Waals surface area (Å²) in [6, 6.07) is 12.5. The third-order valence-electron chi connectivity index (χ3n) is 2.87. The molecule has 1 heterocycles. The van der Waals surface area contributed by atoms with Crippen LogP contribution in [0.2, 0.25) is 9.36 Å². The van der Waals surface area contributed by atoms with E-state index in [0.717, 1.165) is 9.36 Å². The van der Waals surface area contributed by atoms with Crippen LogP contribution in [0.25, 0.3) is 0 Å². The number of thiophene rings is 1. The molecule has 0 aliphatic heterocycles. The smallest absolute Gasteiger partial charge is 0.0931 e. The summed E-state index contributed by atoms with van der Waals surface area (Å²) in [5.41, 5.74) is 1.19. The maximum absolute atomic E-state index is 6.00. The lowest BCUT2D eigenvalue weighted by molar-refractivity contribution is 0.500. The highest BCUT2D eigenvalue weighted by Gasteiger charge is 2.12. The molecule has 4 heteroatoms. The quantitative estimate of drug-likeness (QED) is 0.789. The summed E-state index contributed by atoms with van der Waals surface area (Å²) >= 11 is 13.6. The first kappa shape index (κ1) is 13.9. The Bertz CT molecular complexity index is 524. The second-order valence-electron chi connectivity index (χ2n) is 4.31. The number of hydrogen-bond donors (Lipinski definition) is 1. The minimum Gasteiger partial charge on any atom is -0.303 e. The molecule has 2 atom stereocenters. The van der Waals surface area contributed by atoms with Crippen molar-refractivity contribution in [3.05, 3.63) is 56.2 Å². The molecule has 0 spiro atoms. The zero-order valence-electron chi connectivity index (χ0n) is 10.3. The highest BCUT2D eigenvalue weighted by atomic mass is 35.5. The fraction of sp³-hybridized carbons (Fsp3) is 0.286. The van der Waals surface area contributed by atoms with Gasteiger partial charge in [0.1, 0.15) is 0 Å². The first-order valence-corrected chi connectivity index (χ1v) is 7.40. The molecule has 0 saturated carbocycles. The van der Waals surface area contributed by atoms with E-state index >= 15 is 0 Å². The molecule has 0 aliphatic carbocycles. The number of halogens is 2. The predicted octanol–water partition coefficient (Wildman–Crippen LogP) is 5.47. The van der Waals surface area contributed by atoms with Crippen molar-refractivity contribution in [3.8, 4) is 0 Å². The summed E-state index contributed by atoms with van der Waals surface area (Å²) in [6.07, 6.45) is 0. The summed E-state index contributed by atoms with van der Waals surface area (Å²) in [5.74, 6) is 0. The molecule has 1 aromatic carbocycles. The van der Waals surface area contributed by atoms with Gasteiger partial charge in [0.2, 0.25) is 0 Å². The van der Waals surface area contributed by atoms with E-state index in [4.69, 9.17) is 23.2 Å². The maximum Gasteiger partial charge on any atom is 0.0931 e. The third-order valence-corrected chi connectivity index (χ3v) is 4.52. The molecule has 0 saturated heterocycles. The van der Waals surface area contributed by atoms with Crippen molar-refractivity contribution in [2.75, 3.05) is 0 Å². The van der Waals surface area contributed by atoms with Gasteiger partial charge >= 0.3 is 0 Å². The van der Waals surface area contributed by atoms with Crippen LogP contribution in [-0.4, -0.2) is 0 Å². The highest BCUT2D eigenvalue weighted by Crippen LogP contribution is 2.28. The molecule has 1 unspecified atom stereocenters. The van der Waals surface area contributed by atoms with Gasteiger partial charge in [0.25, 0.3) is 0 Å². The molecule has 1 N–H and O–H groups in total. The molecule has 2 aromatic rings. The van der Waals surface area contributed by atoms with Gasteiger partial charge in [0, 0.05) is 22.0 Å². The van der Waals surface area contributed by atoms with Crippen LogP contribution in [-0.2, 0) is 0 Å². The Labute approximate surface area is 122 Å². The van der Waals surface area contributed by atoms with E-state index in [1.807, 2.05) is 24.3 Å². The molecule has 1 aromatic heterocycles. The van der Waals surface area contributed by atoms with Crippen LogP contribution in [0, 0.1) is 0 Å². The van der Waals surface area contributed by atoms with Gasteiger partial charge in [0.15, 0.2) is 0 Å². The molecule has 0 fully saturated rings. The molecular weight excluding hydrogens is 285 g/mol. The summed E-state index contributed by atoms with van der Waals surface area (Å²) in [7, 11) is 0. The van der Waals surface area contributed by atoms with Gasteiger partial charge in [-0.3, -0.25) is 0 Å². The van der Waals surface area contributed by atoms with Gasteiger partial charge in [-0.15, -0.1) is 11.3 Å². The lowest BCUT2D eigenvalue weighted by Crippen LogP contribution is -2.21. The molecule has 2 rings (SSSR count). The topological polar surface area (TPSA) is 12.0 Å². The molecule has 0 radical (unpaired) electrons. The van der Waals surface area contributed by atoms with Gasteiger partial charge < -0.3 is 5.32 Å². The van der Waals surface area contributed by atoms with Crippen LogP contribution in [0.3, 0.4) is 0 Å². The number of rotatable bonds is 4. The van der Waals surface area contributed by atoms with Crippen molar-refractivity contribution in [1.82, 2.24) is 5.32 Å². The first-order valence-electron chi connectivity index (χ1n) is 5.83. The minimum absolute atomic E-state index is 0.250. The number of benzene rings is 1. The molecule has 1 nitrogen and oxygen atoms in total. The normalized spacial score (nSPS) is 14.4. The van der Waals surface area contributed by atoms with E-state index in [1.54, 1.807) is 11.3 Å². The van der Waals surface area contributed by atoms with Gasteiger partial charge in [0.05, 0.1) is 4.34 Å². The van der Waals surface area contributed by atoms with Crippen LogP contribution in [0.1, 0.15) is 36.4 Å². The van der Waals surface area contributed by atoms with Crippen molar-refractivity contribution >= 4 is 34.5 Å². The molecule has 0 amide bonds. The maximum atomic E-state index is 6.00. The molecular formula is C14H15Cl2NS. The van der Waals surface area contributed by atoms with Crippen molar-refractivity contribution in [2.24, 2.45) is 0 Å². The van der Waals surface area contributed by atoms with Crippen LogP contribution in [0.4, 0.5) is 0 Å². The van der Waals surface area contributed by atoms with Gasteiger partial charge in [-0.05, 0) is 43.7 Å². The Morgan fingerprint density at radius 3 is 2.44 bits per heavy atom. The van der Waals surface area contributed by atoms with Gasteiger partial charge in [-0.2, -0.15) is 0 Å². The predicted molar refractivity (Wildman–Crippen MR) is 80.7 cm³/mol. The summed E-state index contributed by atoms with van der Waals surface area (Å²) < 4.78 is 0.828. The van der Waals surface area contributed by atoms with Crippen LogP contribution in [0.5, 0.6) is 0 Å². The molecule has 0 bridgehead atoms. The van der Waals surface area contributed by atoms with Crippen LogP contribution < -0.4 is 5.32 Å². The fourth-order valence-corrected chi connectivity index (χ4v) is 3.16. The second kappa shape index (κ2) is 6.07. The first-order chi connectivity index (χ1) is 8.56. The number of hydrogen-bond acceptors (Lipinski definition) is 2. The van der Waals surface area contributed by atoms with Crippen LogP contribution >= 0.6 is 34.5 Å². The SMILES string of the molecule is CC(N[C@@H](C)c1cccc(Cl)c1)c1ccc(Cl)s1. The monoisotopic (exact) mass is 299 g/mol. The summed E-state index contributed by atoms with van der Waals surface area (Å²) in [6.45, 7) is 4.28. The number of nitrogens with one attached hydrogen (secondary N) is 1. The molecule has 96 valence electrons. The standard InChI is InChI=1S/C14H15Cl2NS/c1-9(11-4-3-5-12(15)8-11)17-10(2)13-6-7-14(16)18-13/h3-10,17H,1-2H3/t9-,10?/m0/s1. The van der Waals surface area contributed by atoms with E-state index in [-0.39, 0.29) is 12.1 Å². The van der Waals surface area contributed by atoms with Gasteiger partial charge in [-0.1, -0.05) is 35.3 Å². The Kier molecular flexibility index (Phi) is 4.68. The van der Waals surface area contributed by atoms with E-state index in [9.17, 15) is 0 Å². The zero-order chi connectivity index (χ0) is 13.1. The second-order valence-corrected chi connectivity index (χ2v) is 6.49. The van der Waals surface area contributed by atoms with Crippen molar-refractivity contribution in [1.29, 1.82) is 0 Å². The Balaban J connectivity index is 2.05. The Morgan fingerprint density at radius 1 is 1.06 bits per heavy atom. The van der Waals surface area contributed by atoms with E-state index in [1.165, 1.54) is 10.4 Å². The zero-order valence-corrected chi connectivity index (χ0v) is 12.6. The average molecular weight is 300 g/mol. The largest absolute Gasteiger partial charge is 0.303 e. The Morgan fingerprint density at radius 2 is 1.83 bits per heavy atom. The highest BCUT2D eigenvalue weighted by molar-refractivity contribution is 7.16. The van der Waals surface area contributed by atoms with Crippen molar-refractivity contribution in [2.45, 2.75) is 25.9 Å². The fourth-order valence-electron chi connectivity index (χ4n) is 1.89. The van der Waals surface area contributed by atoms with E-state index < -0.39 is 0 Å². The summed E-state index contributed by atoms with van der Waals surface area (Å²) in [4.78, 5) is 1.24. The Hall–Kier alpha value is -0.540. The van der Waals surface area contributed by atoms with Crippen molar-refractivity contribution in [3.63, 3.8) is 0 Å². The summed E-state index contributed by atoms with van der Waals surface area (Å²) in [5, 5.41) is 4.32. The third kappa shape index (κ3) is 3.48. The minimum atomic E-state index is 0.250. The molecule has 0 aliphatic rings. The van der Waals surface area contributed by atoms with Gasteiger partial charge in [-0.25, -0.2) is 0 Å². The molecule has 18 heavy (non-hydrogen) atoms. The lowest BCUT2D eigenvalue weighted by atomic mass is 10.1. The average Bonchev–Trinajstić information content (AvgIpc) is 2.76. The lowest BCUT2D eigenvalue weighted by Gasteiger charge is -2.19. The van der Waals surface area contributed by atoms with E-state index in [0.29, 0.717) is 0 Å². The van der Waals surface area contributed by atoms with Crippen LogP contribution in [0.15, 0.2) is 36.4 Å². The van der Waals surface area contributed by atoms with E-state index in [2.05, 4.69) is 31.3 Å².